The Bertz CT molecular complexity index is 1790. The fourth-order valence-corrected chi connectivity index (χ4v) is 7.70. The summed E-state index contributed by atoms with van der Waals surface area (Å²) in [7, 11) is 0.914. The molecule has 3 aromatic rings. The molecule has 1 aromatic heterocycles. The van der Waals surface area contributed by atoms with E-state index in [4.69, 9.17) is 4.74 Å². The summed E-state index contributed by atoms with van der Waals surface area (Å²) in [5, 5.41) is 3.35. The number of hydrogen-bond acceptors (Lipinski definition) is 6. The predicted octanol–water partition coefficient (Wildman–Crippen LogP) is 4.28. The number of methoxy groups -OCH3 is 1. The summed E-state index contributed by atoms with van der Waals surface area (Å²) < 4.78 is 35.1. The molecule has 6 rings (SSSR count). The predicted molar refractivity (Wildman–Crippen MR) is 168 cm³/mol. The number of nitrogens with one attached hydrogen (secondary N) is 2. The number of amides is 3. The number of likely N-dealkylation sites (N-methyl/N-ethyl adjacent to an activating group) is 1. The lowest BCUT2D eigenvalue weighted by atomic mass is 9.81. The maximum absolute atomic E-state index is 13.2. The standard InChI is InChI=1S/C33H40N4O6S/c1-19(2)44(41,42)35-30(38)21-11-13-24-27(15-21)37-18-33(34-31(39)32(40)36(3)4)17-26(33)25-16-22(43-5)12-14-23(25)29(37)28(24)20-9-7-6-8-10-20/h11-16,19-20,26H,6-10,17-18H2,1-5H3,(H,34,39)(H,35,38). The maximum Gasteiger partial charge on any atom is 0.311 e. The quantitative estimate of drug-likeness (QED) is 0.397. The first-order valence-electron chi connectivity index (χ1n) is 15.3. The number of nitrogens with zero attached hydrogens (tertiary/aromatic N) is 2. The number of benzene rings is 2. The second-order valence-corrected chi connectivity index (χ2v) is 15.2. The van der Waals surface area contributed by atoms with Crippen LogP contribution in [0.25, 0.3) is 22.2 Å². The van der Waals surface area contributed by atoms with Gasteiger partial charge in [0.2, 0.25) is 10.0 Å². The van der Waals surface area contributed by atoms with Crippen LogP contribution in [0.2, 0.25) is 0 Å². The van der Waals surface area contributed by atoms with Crippen LogP contribution in [-0.4, -0.2) is 67.6 Å². The largest absolute Gasteiger partial charge is 0.497 e. The third-order valence-electron chi connectivity index (χ3n) is 9.60. The van der Waals surface area contributed by atoms with Crippen molar-refractivity contribution in [2.24, 2.45) is 0 Å². The second-order valence-electron chi connectivity index (χ2n) is 13.0. The Morgan fingerprint density at radius 1 is 1.05 bits per heavy atom. The minimum atomic E-state index is -3.82. The molecule has 11 heteroatoms. The van der Waals surface area contributed by atoms with E-state index < -0.39 is 38.5 Å². The molecule has 2 heterocycles. The van der Waals surface area contributed by atoms with Gasteiger partial charge >= 0.3 is 11.8 Å². The molecule has 2 atom stereocenters. The molecule has 2 N–H and O–H groups in total. The Morgan fingerprint density at radius 2 is 1.77 bits per heavy atom. The van der Waals surface area contributed by atoms with Crippen molar-refractivity contribution in [3.05, 3.63) is 53.1 Å². The highest BCUT2D eigenvalue weighted by Crippen LogP contribution is 2.59. The van der Waals surface area contributed by atoms with E-state index in [1.54, 1.807) is 33.3 Å². The minimum absolute atomic E-state index is 0.0386. The molecule has 3 amide bonds. The number of rotatable bonds is 6. The van der Waals surface area contributed by atoms with Gasteiger partial charge in [-0.2, -0.15) is 0 Å². The molecular weight excluding hydrogens is 580 g/mol. The fourth-order valence-electron chi connectivity index (χ4n) is 7.08. The highest BCUT2D eigenvalue weighted by Gasteiger charge is 2.59. The summed E-state index contributed by atoms with van der Waals surface area (Å²) in [6, 6.07) is 11.5. The summed E-state index contributed by atoms with van der Waals surface area (Å²) in [5.41, 5.74) is 4.71. The van der Waals surface area contributed by atoms with Gasteiger partial charge in [0.05, 0.1) is 23.6 Å². The topological polar surface area (TPSA) is 127 Å². The van der Waals surface area contributed by atoms with E-state index in [2.05, 4.69) is 20.7 Å². The van der Waals surface area contributed by atoms with Crippen molar-refractivity contribution in [1.82, 2.24) is 19.5 Å². The highest BCUT2D eigenvalue weighted by molar-refractivity contribution is 7.90. The van der Waals surface area contributed by atoms with Crippen molar-refractivity contribution in [2.45, 2.75) is 81.5 Å². The molecule has 2 saturated carbocycles. The smallest absolute Gasteiger partial charge is 0.311 e. The normalized spacial score (nSPS) is 21.1. The van der Waals surface area contributed by atoms with Crippen molar-refractivity contribution in [3.8, 4) is 17.0 Å². The summed E-state index contributed by atoms with van der Waals surface area (Å²) in [4.78, 5) is 40.3. The molecule has 0 spiro atoms. The van der Waals surface area contributed by atoms with Gasteiger partial charge in [-0.1, -0.05) is 25.3 Å². The molecule has 2 aromatic carbocycles. The molecule has 2 aliphatic carbocycles. The number of aromatic nitrogens is 1. The number of hydrogen-bond donors (Lipinski definition) is 2. The maximum atomic E-state index is 13.2. The first-order valence-corrected chi connectivity index (χ1v) is 16.9. The van der Waals surface area contributed by atoms with Crippen molar-refractivity contribution in [3.63, 3.8) is 0 Å². The number of sulfonamides is 1. The Hall–Kier alpha value is -3.86. The summed E-state index contributed by atoms with van der Waals surface area (Å²) in [5.74, 6) is -0.969. The van der Waals surface area contributed by atoms with Crippen LogP contribution in [0.5, 0.6) is 5.75 Å². The molecule has 10 nitrogen and oxygen atoms in total. The number of ether oxygens (including phenoxy) is 1. The van der Waals surface area contributed by atoms with Crippen molar-refractivity contribution >= 4 is 38.6 Å². The molecular formula is C33H40N4O6S. The molecule has 0 bridgehead atoms. The lowest BCUT2D eigenvalue weighted by Crippen LogP contribution is -2.47. The fraction of sp³-hybridized carbons (Fsp3) is 0.485. The van der Waals surface area contributed by atoms with Gasteiger partial charge < -0.3 is 19.5 Å². The summed E-state index contributed by atoms with van der Waals surface area (Å²) in [6.07, 6.45) is 6.21. The van der Waals surface area contributed by atoms with Gasteiger partial charge in [-0.25, -0.2) is 13.1 Å². The van der Waals surface area contributed by atoms with Crippen LogP contribution in [0.3, 0.4) is 0 Å². The van der Waals surface area contributed by atoms with E-state index >= 15 is 0 Å². The average molecular weight is 621 g/mol. The van der Waals surface area contributed by atoms with Crippen LogP contribution < -0.4 is 14.8 Å². The minimum Gasteiger partial charge on any atom is -0.497 e. The Labute approximate surface area is 258 Å². The zero-order valence-corrected chi connectivity index (χ0v) is 26.7. The summed E-state index contributed by atoms with van der Waals surface area (Å²) >= 11 is 0. The average Bonchev–Trinajstić information content (AvgIpc) is 3.63. The van der Waals surface area contributed by atoms with Gasteiger partial charge in [-0.05, 0) is 80.5 Å². The first-order chi connectivity index (χ1) is 20.9. The van der Waals surface area contributed by atoms with Crippen molar-refractivity contribution in [2.75, 3.05) is 21.2 Å². The van der Waals surface area contributed by atoms with E-state index in [-0.39, 0.29) is 11.5 Å². The van der Waals surface area contributed by atoms with Crippen molar-refractivity contribution < 1.29 is 27.5 Å². The SMILES string of the molecule is COc1ccc2c(c1)C1CC1(NC(=O)C(=O)N(C)C)Cn1c-2c(C2CCCCC2)c2ccc(C(=O)NS(=O)(=O)C(C)C)cc21. The second kappa shape index (κ2) is 10.9. The first kappa shape index (κ1) is 30.2. The van der Waals surface area contributed by atoms with Crippen LogP contribution in [0.15, 0.2) is 36.4 Å². The van der Waals surface area contributed by atoms with E-state index in [0.717, 1.165) is 53.4 Å². The number of carbonyl (C=O) groups excluding carboxylic acids is 3. The molecule has 0 radical (unpaired) electrons. The van der Waals surface area contributed by atoms with Gasteiger partial charge in [0.15, 0.2) is 0 Å². The van der Waals surface area contributed by atoms with Crippen LogP contribution in [0, 0.1) is 0 Å². The van der Waals surface area contributed by atoms with Crippen LogP contribution in [0.4, 0.5) is 0 Å². The van der Waals surface area contributed by atoms with E-state index in [0.29, 0.717) is 24.6 Å². The van der Waals surface area contributed by atoms with Gasteiger partial charge in [-0.3, -0.25) is 14.4 Å². The van der Waals surface area contributed by atoms with E-state index in [9.17, 15) is 22.8 Å². The Morgan fingerprint density at radius 3 is 2.43 bits per heavy atom. The molecule has 234 valence electrons. The Balaban J connectivity index is 1.57. The number of fused-ring (bicyclic) bond motifs is 7. The molecule has 0 saturated heterocycles. The number of carbonyl (C=O) groups is 3. The molecule has 2 unspecified atom stereocenters. The van der Waals surface area contributed by atoms with Crippen LogP contribution >= 0.6 is 0 Å². The van der Waals surface area contributed by atoms with Gasteiger partial charge in [0.1, 0.15) is 5.75 Å². The lowest BCUT2D eigenvalue weighted by molar-refractivity contribution is -0.144. The zero-order chi connectivity index (χ0) is 31.6. The molecule has 44 heavy (non-hydrogen) atoms. The third kappa shape index (κ3) is 5.04. The lowest BCUT2D eigenvalue weighted by Gasteiger charge is -2.24. The van der Waals surface area contributed by atoms with E-state index in [1.165, 1.54) is 30.7 Å². The van der Waals surface area contributed by atoms with Gasteiger partial charge in [-0.15, -0.1) is 0 Å². The Kier molecular flexibility index (Phi) is 7.50. The summed E-state index contributed by atoms with van der Waals surface area (Å²) in [6.45, 7) is 3.44. The zero-order valence-electron chi connectivity index (χ0n) is 25.9. The van der Waals surface area contributed by atoms with Gasteiger partial charge in [0.25, 0.3) is 5.91 Å². The van der Waals surface area contributed by atoms with Crippen LogP contribution in [0.1, 0.15) is 85.7 Å². The van der Waals surface area contributed by atoms with Gasteiger partial charge in [0, 0.05) is 48.6 Å². The monoisotopic (exact) mass is 620 g/mol. The van der Waals surface area contributed by atoms with E-state index in [1.807, 2.05) is 18.2 Å². The van der Waals surface area contributed by atoms with Crippen molar-refractivity contribution in [1.29, 1.82) is 0 Å². The highest BCUT2D eigenvalue weighted by atomic mass is 32.2. The molecule has 3 aliphatic rings. The third-order valence-corrected chi connectivity index (χ3v) is 11.3. The molecule has 1 aliphatic heterocycles. The molecule has 2 fully saturated rings. The van der Waals surface area contributed by atoms with Crippen LogP contribution in [-0.2, 0) is 26.2 Å².